The molecule has 1 heterocycles. The highest BCUT2D eigenvalue weighted by Crippen LogP contribution is 2.33. The van der Waals surface area contributed by atoms with Crippen LogP contribution in [0.1, 0.15) is 39.1 Å². The zero-order chi connectivity index (χ0) is 22.8. The van der Waals surface area contributed by atoms with Crippen molar-refractivity contribution in [3.05, 3.63) is 114 Å². The highest BCUT2D eigenvalue weighted by molar-refractivity contribution is 6.18. The second-order valence-corrected chi connectivity index (χ2v) is 8.42. The Hall–Kier alpha value is -3.69. The number of alkyl halides is 1. The fourth-order valence-corrected chi connectivity index (χ4v) is 4.45. The number of fused-ring (bicyclic) bond motifs is 3. The average Bonchev–Trinajstić information content (AvgIpc) is 3.21. The molecule has 0 aliphatic rings. The summed E-state index contributed by atoms with van der Waals surface area (Å²) in [6, 6.07) is 31.0. The van der Waals surface area contributed by atoms with Gasteiger partial charge in [-0.1, -0.05) is 48.5 Å². The van der Waals surface area contributed by atoms with Crippen molar-refractivity contribution < 1.29 is 9.59 Å². The molecule has 0 aliphatic carbocycles. The van der Waals surface area contributed by atoms with Crippen molar-refractivity contribution >= 4 is 45.0 Å². The van der Waals surface area contributed by atoms with Gasteiger partial charge in [-0.3, -0.25) is 9.59 Å². The van der Waals surface area contributed by atoms with Crippen LogP contribution >= 0.6 is 11.6 Å². The summed E-state index contributed by atoms with van der Waals surface area (Å²) in [7, 11) is 0. The van der Waals surface area contributed by atoms with E-state index in [0.717, 1.165) is 27.5 Å². The fourth-order valence-electron chi connectivity index (χ4n) is 4.31. The largest absolute Gasteiger partial charge is 0.309 e. The Morgan fingerprint density at radius 1 is 0.667 bits per heavy atom. The predicted octanol–water partition coefficient (Wildman–Crippen LogP) is 7.22. The Balaban J connectivity index is 1.59. The Bertz CT molecular complexity index is 1470. The van der Waals surface area contributed by atoms with Gasteiger partial charge in [0.15, 0.2) is 11.6 Å². The normalized spacial score (nSPS) is 11.2. The van der Waals surface area contributed by atoms with E-state index in [9.17, 15) is 9.59 Å². The van der Waals surface area contributed by atoms with Gasteiger partial charge < -0.3 is 4.57 Å². The SMILES string of the molecule is O=C(CCCCl)c1ccc2c(c1)c1ccccc1n2-c1ccc(C(=O)c2ccccc2)cc1. The monoisotopic (exact) mass is 451 g/mol. The molecule has 0 atom stereocenters. The van der Waals surface area contributed by atoms with Crippen LogP contribution in [0.5, 0.6) is 0 Å². The van der Waals surface area contributed by atoms with Crippen LogP contribution in [0, 0.1) is 0 Å². The van der Waals surface area contributed by atoms with Gasteiger partial charge in [-0.2, -0.15) is 0 Å². The summed E-state index contributed by atoms with van der Waals surface area (Å²) < 4.78 is 2.18. The standard InChI is InChI=1S/C29H22ClNO2/c30-18-6-11-28(32)22-14-17-27-25(19-22)24-9-4-5-10-26(24)31(27)23-15-12-21(13-16-23)29(33)20-7-2-1-3-8-20/h1-5,7-10,12-17,19H,6,11,18H2. The molecular weight excluding hydrogens is 430 g/mol. The van der Waals surface area contributed by atoms with Gasteiger partial charge in [0, 0.05) is 45.5 Å². The summed E-state index contributed by atoms with van der Waals surface area (Å²) in [5, 5.41) is 2.12. The third kappa shape index (κ3) is 3.96. The first-order chi connectivity index (χ1) is 16.2. The molecule has 0 saturated carbocycles. The molecule has 0 fully saturated rings. The van der Waals surface area contributed by atoms with Gasteiger partial charge in [0.2, 0.25) is 0 Å². The highest BCUT2D eigenvalue weighted by atomic mass is 35.5. The van der Waals surface area contributed by atoms with E-state index in [1.807, 2.05) is 84.9 Å². The van der Waals surface area contributed by atoms with Crippen LogP contribution in [0.2, 0.25) is 0 Å². The number of ketones is 2. The van der Waals surface area contributed by atoms with Crippen LogP contribution < -0.4 is 0 Å². The van der Waals surface area contributed by atoms with Gasteiger partial charge in [-0.05, 0) is 55.0 Å². The van der Waals surface area contributed by atoms with E-state index in [1.165, 1.54) is 0 Å². The first-order valence-electron chi connectivity index (χ1n) is 11.0. The molecule has 3 nitrogen and oxygen atoms in total. The molecule has 0 radical (unpaired) electrons. The van der Waals surface area contributed by atoms with Crippen molar-refractivity contribution in [1.29, 1.82) is 0 Å². The number of rotatable bonds is 7. The molecular formula is C29H22ClNO2. The Morgan fingerprint density at radius 2 is 1.30 bits per heavy atom. The molecule has 5 aromatic rings. The summed E-state index contributed by atoms with van der Waals surface area (Å²) in [6.07, 6.45) is 1.12. The van der Waals surface area contributed by atoms with Crippen molar-refractivity contribution in [2.45, 2.75) is 12.8 Å². The first kappa shape index (κ1) is 21.2. The van der Waals surface area contributed by atoms with Crippen molar-refractivity contribution in [2.24, 2.45) is 0 Å². The third-order valence-corrected chi connectivity index (χ3v) is 6.22. The number of nitrogens with zero attached hydrogens (tertiary/aromatic N) is 1. The van der Waals surface area contributed by atoms with E-state index < -0.39 is 0 Å². The van der Waals surface area contributed by atoms with Crippen LogP contribution in [0.3, 0.4) is 0 Å². The first-order valence-corrected chi connectivity index (χ1v) is 11.5. The number of carbonyl (C=O) groups is 2. The molecule has 1 aromatic heterocycles. The maximum Gasteiger partial charge on any atom is 0.193 e. The molecule has 0 aliphatic heterocycles. The van der Waals surface area contributed by atoms with Crippen molar-refractivity contribution in [2.75, 3.05) is 5.88 Å². The van der Waals surface area contributed by atoms with Gasteiger partial charge in [0.05, 0.1) is 11.0 Å². The maximum absolute atomic E-state index is 12.8. The number of para-hydroxylation sites is 1. The lowest BCUT2D eigenvalue weighted by atomic mass is 10.0. The third-order valence-electron chi connectivity index (χ3n) is 5.96. The lowest BCUT2D eigenvalue weighted by Gasteiger charge is -2.09. The molecule has 5 rings (SSSR count). The topological polar surface area (TPSA) is 39.1 Å². The lowest BCUT2D eigenvalue weighted by molar-refractivity contribution is 0.0981. The Morgan fingerprint density at radius 3 is 2.06 bits per heavy atom. The van der Waals surface area contributed by atoms with E-state index in [2.05, 4.69) is 16.7 Å². The van der Waals surface area contributed by atoms with Gasteiger partial charge in [-0.15, -0.1) is 11.6 Å². The summed E-state index contributed by atoms with van der Waals surface area (Å²) in [4.78, 5) is 25.4. The van der Waals surface area contributed by atoms with Crippen molar-refractivity contribution in [1.82, 2.24) is 4.57 Å². The molecule has 0 bridgehead atoms. The van der Waals surface area contributed by atoms with E-state index >= 15 is 0 Å². The zero-order valence-corrected chi connectivity index (χ0v) is 18.8. The molecule has 33 heavy (non-hydrogen) atoms. The zero-order valence-electron chi connectivity index (χ0n) is 18.0. The predicted molar refractivity (Wildman–Crippen MR) is 135 cm³/mol. The second-order valence-electron chi connectivity index (χ2n) is 8.04. The Labute approximate surface area is 197 Å². The van der Waals surface area contributed by atoms with Gasteiger partial charge >= 0.3 is 0 Å². The van der Waals surface area contributed by atoms with Crippen LogP contribution in [0.25, 0.3) is 27.5 Å². The number of Topliss-reactive ketones (excluding diaryl/α,β-unsaturated/α-hetero) is 1. The number of hydrogen-bond donors (Lipinski definition) is 0. The molecule has 4 heteroatoms. The summed E-state index contributed by atoms with van der Waals surface area (Å²) in [5.74, 6) is 0.596. The molecule has 0 N–H and O–H groups in total. The maximum atomic E-state index is 12.8. The molecule has 162 valence electrons. The number of hydrogen-bond acceptors (Lipinski definition) is 2. The van der Waals surface area contributed by atoms with Gasteiger partial charge in [0.25, 0.3) is 0 Å². The molecule has 0 amide bonds. The number of carbonyl (C=O) groups excluding carboxylic acids is 2. The van der Waals surface area contributed by atoms with Crippen LogP contribution in [-0.2, 0) is 0 Å². The summed E-state index contributed by atoms with van der Waals surface area (Å²) in [6.45, 7) is 0. The molecule has 0 saturated heterocycles. The van der Waals surface area contributed by atoms with Gasteiger partial charge in [0.1, 0.15) is 0 Å². The van der Waals surface area contributed by atoms with E-state index in [1.54, 1.807) is 0 Å². The molecule has 0 unspecified atom stereocenters. The minimum atomic E-state index is 0.00414. The van der Waals surface area contributed by atoms with Crippen LogP contribution in [0.15, 0.2) is 97.1 Å². The van der Waals surface area contributed by atoms with Gasteiger partial charge in [-0.25, -0.2) is 0 Å². The number of halogens is 1. The quantitative estimate of drug-likeness (QED) is 0.193. The van der Waals surface area contributed by atoms with Crippen molar-refractivity contribution in [3.8, 4) is 5.69 Å². The highest BCUT2D eigenvalue weighted by Gasteiger charge is 2.15. The van der Waals surface area contributed by atoms with E-state index in [4.69, 9.17) is 11.6 Å². The summed E-state index contributed by atoms with van der Waals surface area (Å²) >= 11 is 5.77. The smallest absolute Gasteiger partial charge is 0.193 e. The average molecular weight is 452 g/mol. The number of benzene rings is 4. The lowest BCUT2D eigenvalue weighted by Crippen LogP contribution is -2.02. The van der Waals surface area contributed by atoms with E-state index in [0.29, 0.717) is 35.4 Å². The van der Waals surface area contributed by atoms with Crippen LogP contribution in [-0.4, -0.2) is 22.0 Å². The molecule has 4 aromatic carbocycles. The Kier molecular flexibility index (Phi) is 5.80. The van der Waals surface area contributed by atoms with E-state index in [-0.39, 0.29) is 11.6 Å². The second kappa shape index (κ2) is 9.05. The summed E-state index contributed by atoms with van der Waals surface area (Å²) in [5.41, 5.74) is 5.07. The minimum Gasteiger partial charge on any atom is -0.309 e. The van der Waals surface area contributed by atoms with Crippen molar-refractivity contribution in [3.63, 3.8) is 0 Å². The number of aromatic nitrogens is 1. The minimum absolute atomic E-state index is 0.00414. The van der Waals surface area contributed by atoms with Crippen LogP contribution in [0.4, 0.5) is 0 Å². The fraction of sp³-hybridized carbons (Fsp3) is 0.103. The molecule has 0 spiro atoms.